The fourth-order valence-corrected chi connectivity index (χ4v) is 3.22. The summed E-state index contributed by atoms with van der Waals surface area (Å²) in [7, 11) is 0. The summed E-state index contributed by atoms with van der Waals surface area (Å²) in [4.78, 5) is 23.0. The molecule has 0 unspecified atom stereocenters. The molecule has 2 N–H and O–H groups in total. The van der Waals surface area contributed by atoms with Gasteiger partial charge in [-0.2, -0.15) is 0 Å². The van der Waals surface area contributed by atoms with Gasteiger partial charge in [0.25, 0.3) is 5.91 Å². The largest absolute Gasteiger partial charge is 0.379 e. The van der Waals surface area contributed by atoms with E-state index in [0.29, 0.717) is 18.3 Å². The van der Waals surface area contributed by atoms with Crippen molar-refractivity contribution in [2.45, 2.75) is 38.1 Å². The molecule has 0 atom stereocenters. The molecule has 1 aliphatic heterocycles. The zero-order valence-corrected chi connectivity index (χ0v) is 14.2. The number of morpholine rings is 1. The van der Waals surface area contributed by atoms with Gasteiger partial charge in [0.05, 0.1) is 25.6 Å². The lowest BCUT2D eigenvalue weighted by Gasteiger charge is -2.26. The Morgan fingerprint density at radius 2 is 1.96 bits per heavy atom. The number of nitrogens with zero attached hydrogens (tertiary/aromatic N) is 3. The molecule has 7 nitrogen and oxygen atoms in total. The van der Waals surface area contributed by atoms with Crippen molar-refractivity contribution in [1.82, 2.24) is 20.2 Å². The maximum absolute atomic E-state index is 12.1. The van der Waals surface area contributed by atoms with Crippen LogP contribution in [0.4, 0.5) is 5.82 Å². The van der Waals surface area contributed by atoms with Gasteiger partial charge in [0.2, 0.25) is 0 Å². The molecule has 2 aliphatic rings. The van der Waals surface area contributed by atoms with Crippen LogP contribution >= 0.6 is 0 Å². The first kappa shape index (κ1) is 17.1. The van der Waals surface area contributed by atoms with E-state index in [1.165, 1.54) is 32.1 Å². The van der Waals surface area contributed by atoms with Gasteiger partial charge in [0.15, 0.2) is 0 Å². The van der Waals surface area contributed by atoms with Crippen LogP contribution in [0.15, 0.2) is 12.4 Å². The topological polar surface area (TPSA) is 79.4 Å². The first-order chi connectivity index (χ1) is 11.8. The first-order valence-corrected chi connectivity index (χ1v) is 8.98. The van der Waals surface area contributed by atoms with E-state index in [4.69, 9.17) is 4.74 Å². The van der Waals surface area contributed by atoms with Gasteiger partial charge in [-0.3, -0.25) is 9.69 Å². The van der Waals surface area contributed by atoms with Crippen molar-refractivity contribution in [3.05, 3.63) is 18.1 Å². The third kappa shape index (κ3) is 5.14. The Morgan fingerprint density at radius 3 is 2.67 bits per heavy atom. The number of aromatic nitrogens is 2. The highest BCUT2D eigenvalue weighted by molar-refractivity contribution is 5.91. The average molecular weight is 333 g/mol. The summed E-state index contributed by atoms with van der Waals surface area (Å²) in [6.07, 6.45) is 9.45. The number of rotatable bonds is 6. The number of anilines is 1. The predicted molar refractivity (Wildman–Crippen MR) is 92.1 cm³/mol. The average Bonchev–Trinajstić information content (AvgIpc) is 2.64. The highest BCUT2D eigenvalue weighted by Gasteiger charge is 2.15. The number of nitrogens with one attached hydrogen (secondary N) is 2. The second kappa shape index (κ2) is 8.94. The first-order valence-electron chi connectivity index (χ1n) is 8.98. The van der Waals surface area contributed by atoms with Crippen LogP contribution in [0.1, 0.15) is 42.6 Å². The molecule has 1 aromatic heterocycles. The molecule has 3 rings (SSSR count). The van der Waals surface area contributed by atoms with E-state index in [-0.39, 0.29) is 5.91 Å². The molecule has 1 amide bonds. The summed E-state index contributed by atoms with van der Waals surface area (Å²) in [5, 5.41) is 6.31. The molecule has 7 heteroatoms. The van der Waals surface area contributed by atoms with Crippen molar-refractivity contribution in [2.75, 3.05) is 44.7 Å². The SMILES string of the molecule is O=C(NCCN1CCOCC1)c1cnc(NC2CCCCC2)cn1. The van der Waals surface area contributed by atoms with Crippen LogP contribution in [0.25, 0.3) is 0 Å². The van der Waals surface area contributed by atoms with E-state index in [0.717, 1.165) is 38.7 Å². The molecule has 1 saturated heterocycles. The van der Waals surface area contributed by atoms with E-state index >= 15 is 0 Å². The van der Waals surface area contributed by atoms with Crippen LogP contribution < -0.4 is 10.6 Å². The lowest BCUT2D eigenvalue weighted by molar-refractivity contribution is 0.0383. The number of amides is 1. The van der Waals surface area contributed by atoms with Crippen LogP contribution in [0.3, 0.4) is 0 Å². The van der Waals surface area contributed by atoms with Crippen LogP contribution in [-0.4, -0.2) is 66.2 Å². The normalized spacial score (nSPS) is 19.8. The van der Waals surface area contributed by atoms with Gasteiger partial charge in [0.1, 0.15) is 11.5 Å². The minimum absolute atomic E-state index is 0.167. The standard InChI is InChI=1S/C17H27N5O2/c23-17(18-6-7-22-8-10-24-11-9-22)15-12-20-16(13-19-15)21-14-4-2-1-3-5-14/h12-14H,1-11H2,(H,18,23)(H,20,21). The van der Waals surface area contributed by atoms with Gasteiger partial charge < -0.3 is 15.4 Å². The Hall–Kier alpha value is -1.73. The lowest BCUT2D eigenvalue weighted by atomic mass is 9.96. The summed E-state index contributed by atoms with van der Waals surface area (Å²) in [5.74, 6) is 0.590. The second-order valence-corrected chi connectivity index (χ2v) is 6.48. The lowest BCUT2D eigenvalue weighted by Crippen LogP contribution is -2.41. The van der Waals surface area contributed by atoms with Gasteiger partial charge in [-0.25, -0.2) is 9.97 Å². The molecular formula is C17H27N5O2. The molecule has 0 aromatic carbocycles. The third-order valence-electron chi connectivity index (χ3n) is 4.66. The Labute approximate surface area is 143 Å². The second-order valence-electron chi connectivity index (χ2n) is 6.48. The molecule has 0 radical (unpaired) electrons. The summed E-state index contributed by atoms with van der Waals surface area (Å²) in [5.41, 5.74) is 0.367. The number of hydrogen-bond acceptors (Lipinski definition) is 6. The Balaban J connectivity index is 1.41. The molecule has 0 bridgehead atoms. The van der Waals surface area contributed by atoms with E-state index in [9.17, 15) is 4.79 Å². The smallest absolute Gasteiger partial charge is 0.271 e. The van der Waals surface area contributed by atoms with Crippen molar-refractivity contribution in [2.24, 2.45) is 0 Å². The van der Waals surface area contributed by atoms with E-state index in [1.54, 1.807) is 12.4 Å². The quantitative estimate of drug-likeness (QED) is 0.816. The highest BCUT2D eigenvalue weighted by atomic mass is 16.5. The molecule has 1 aliphatic carbocycles. The molecular weight excluding hydrogens is 306 g/mol. The highest BCUT2D eigenvalue weighted by Crippen LogP contribution is 2.20. The van der Waals surface area contributed by atoms with Gasteiger partial charge in [-0.05, 0) is 12.8 Å². The summed E-state index contributed by atoms with van der Waals surface area (Å²) in [6, 6.07) is 0.487. The Morgan fingerprint density at radius 1 is 1.17 bits per heavy atom. The molecule has 1 saturated carbocycles. The number of carbonyl (C=O) groups excluding carboxylic acids is 1. The zero-order valence-electron chi connectivity index (χ0n) is 14.2. The number of carbonyl (C=O) groups is 1. The van der Waals surface area contributed by atoms with Crippen molar-refractivity contribution in [3.63, 3.8) is 0 Å². The van der Waals surface area contributed by atoms with Gasteiger partial charge in [-0.1, -0.05) is 19.3 Å². The maximum atomic E-state index is 12.1. The molecule has 0 spiro atoms. The maximum Gasteiger partial charge on any atom is 0.271 e. The minimum atomic E-state index is -0.167. The molecule has 1 aromatic rings. The molecule has 24 heavy (non-hydrogen) atoms. The summed E-state index contributed by atoms with van der Waals surface area (Å²) < 4.78 is 5.31. The number of hydrogen-bond donors (Lipinski definition) is 2. The van der Waals surface area contributed by atoms with Crippen molar-refractivity contribution in [3.8, 4) is 0 Å². The fourth-order valence-electron chi connectivity index (χ4n) is 3.22. The molecule has 2 fully saturated rings. The van der Waals surface area contributed by atoms with Gasteiger partial charge in [-0.15, -0.1) is 0 Å². The third-order valence-corrected chi connectivity index (χ3v) is 4.66. The van der Waals surface area contributed by atoms with Crippen LogP contribution in [0.5, 0.6) is 0 Å². The van der Waals surface area contributed by atoms with Crippen LogP contribution in [0.2, 0.25) is 0 Å². The minimum Gasteiger partial charge on any atom is -0.379 e. The Kier molecular flexibility index (Phi) is 6.37. The van der Waals surface area contributed by atoms with Crippen LogP contribution in [-0.2, 0) is 4.74 Å². The summed E-state index contributed by atoms with van der Waals surface area (Å²) >= 11 is 0. The van der Waals surface area contributed by atoms with Gasteiger partial charge >= 0.3 is 0 Å². The Bertz CT molecular complexity index is 510. The van der Waals surface area contributed by atoms with E-state index in [2.05, 4.69) is 25.5 Å². The molecule has 2 heterocycles. The molecule has 132 valence electrons. The van der Waals surface area contributed by atoms with Crippen LogP contribution in [0, 0.1) is 0 Å². The van der Waals surface area contributed by atoms with Crippen molar-refractivity contribution < 1.29 is 9.53 Å². The van der Waals surface area contributed by atoms with E-state index in [1.807, 2.05) is 0 Å². The van der Waals surface area contributed by atoms with Crippen molar-refractivity contribution >= 4 is 11.7 Å². The monoisotopic (exact) mass is 333 g/mol. The van der Waals surface area contributed by atoms with E-state index < -0.39 is 0 Å². The predicted octanol–water partition coefficient (Wildman–Crippen LogP) is 1.28. The number of ether oxygens (including phenoxy) is 1. The van der Waals surface area contributed by atoms with Crippen molar-refractivity contribution in [1.29, 1.82) is 0 Å². The fraction of sp³-hybridized carbons (Fsp3) is 0.706. The van der Waals surface area contributed by atoms with Gasteiger partial charge in [0, 0.05) is 32.2 Å². The summed E-state index contributed by atoms with van der Waals surface area (Å²) in [6.45, 7) is 4.85. The zero-order chi connectivity index (χ0) is 16.6.